The first-order valence-electron chi connectivity index (χ1n) is 6.97. The number of ether oxygens (including phenoxy) is 1. The second-order valence-electron chi connectivity index (χ2n) is 4.46. The second-order valence-corrected chi connectivity index (χ2v) is 4.46. The number of nitrogens with one attached hydrogen (secondary N) is 1. The molecule has 3 N–H and O–H groups in total. The van der Waals surface area contributed by atoms with Crippen molar-refractivity contribution in [1.82, 2.24) is 5.32 Å². The molecular weight excluding hydrogens is 240 g/mol. The van der Waals surface area contributed by atoms with Crippen LogP contribution in [0.1, 0.15) is 32.1 Å². The predicted molar refractivity (Wildman–Crippen MR) is 77.1 cm³/mol. The Kier molecular flexibility index (Phi) is 8.47. The molecule has 1 amide bonds. The summed E-state index contributed by atoms with van der Waals surface area (Å²) >= 11 is 0. The van der Waals surface area contributed by atoms with Gasteiger partial charge < -0.3 is 15.8 Å². The van der Waals surface area contributed by atoms with Crippen LogP contribution in [-0.2, 0) is 4.79 Å². The van der Waals surface area contributed by atoms with Crippen molar-refractivity contribution in [2.75, 3.05) is 19.7 Å². The maximum Gasteiger partial charge on any atom is 0.223 e. The van der Waals surface area contributed by atoms with Gasteiger partial charge in [-0.1, -0.05) is 31.0 Å². The Balaban J connectivity index is 1.96. The monoisotopic (exact) mass is 264 g/mol. The van der Waals surface area contributed by atoms with Crippen LogP contribution in [0.4, 0.5) is 0 Å². The van der Waals surface area contributed by atoms with E-state index in [0.29, 0.717) is 13.0 Å². The lowest BCUT2D eigenvalue weighted by atomic mass is 10.2. The average Bonchev–Trinajstić information content (AvgIpc) is 2.44. The van der Waals surface area contributed by atoms with Crippen molar-refractivity contribution >= 4 is 5.91 Å². The van der Waals surface area contributed by atoms with Crippen LogP contribution in [0.3, 0.4) is 0 Å². The number of carbonyl (C=O) groups is 1. The Morgan fingerprint density at radius 1 is 1.11 bits per heavy atom. The molecule has 0 saturated carbocycles. The van der Waals surface area contributed by atoms with Crippen molar-refractivity contribution in [3.8, 4) is 5.75 Å². The van der Waals surface area contributed by atoms with E-state index in [9.17, 15) is 4.79 Å². The lowest BCUT2D eigenvalue weighted by Crippen LogP contribution is -2.25. The third-order valence-electron chi connectivity index (χ3n) is 2.79. The first kappa shape index (κ1) is 15.5. The van der Waals surface area contributed by atoms with E-state index >= 15 is 0 Å². The maximum absolute atomic E-state index is 11.5. The van der Waals surface area contributed by atoms with Gasteiger partial charge in [0.2, 0.25) is 5.91 Å². The molecule has 106 valence electrons. The number of nitrogens with two attached hydrogens (primary N) is 1. The molecule has 1 aromatic rings. The summed E-state index contributed by atoms with van der Waals surface area (Å²) in [4.78, 5) is 11.5. The van der Waals surface area contributed by atoms with Gasteiger partial charge in [-0.15, -0.1) is 0 Å². The molecule has 0 unspecified atom stereocenters. The molecule has 0 aliphatic heterocycles. The number of carbonyl (C=O) groups excluding carboxylic acids is 1. The highest BCUT2D eigenvalue weighted by Crippen LogP contribution is 2.08. The highest BCUT2D eigenvalue weighted by molar-refractivity contribution is 5.75. The molecule has 0 aliphatic rings. The molecule has 0 aliphatic carbocycles. The van der Waals surface area contributed by atoms with Crippen LogP contribution in [0, 0.1) is 0 Å². The van der Waals surface area contributed by atoms with E-state index in [-0.39, 0.29) is 5.91 Å². The number of rotatable bonds is 10. The number of benzene rings is 1. The van der Waals surface area contributed by atoms with Crippen LogP contribution in [0.2, 0.25) is 0 Å². The van der Waals surface area contributed by atoms with Crippen molar-refractivity contribution in [3.63, 3.8) is 0 Å². The quantitative estimate of drug-likeness (QED) is 0.636. The van der Waals surface area contributed by atoms with Gasteiger partial charge in [-0.2, -0.15) is 0 Å². The molecule has 0 fully saturated rings. The minimum Gasteiger partial charge on any atom is -0.493 e. The van der Waals surface area contributed by atoms with Crippen molar-refractivity contribution < 1.29 is 9.53 Å². The van der Waals surface area contributed by atoms with E-state index < -0.39 is 0 Å². The third kappa shape index (κ3) is 8.21. The number of hydrogen-bond acceptors (Lipinski definition) is 3. The summed E-state index contributed by atoms with van der Waals surface area (Å²) in [6.45, 7) is 1.92. The fraction of sp³-hybridized carbons (Fsp3) is 0.533. The van der Waals surface area contributed by atoms with E-state index in [1.807, 2.05) is 30.3 Å². The second kappa shape index (κ2) is 10.4. The van der Waals surface area contributed by atoms with Gasteiger partial charge >= 0.3 is 0 Å². The van der Waals surface area contributed by atoms with E-state index in [1.54, 1.807) is 0 Å². The van der Waals surface area contributed by atoms with Crippen LogP contribution in [0.5, 0.6) is 5.75 Å². The summed E-state index contributed by atoms with van der Waals surface area (Å²) in [6.07, 6.45) is 4.75. The van der Waals surface area contributed by atoms with Gasteiger partial charge in [0.1, 0.15) is 5.75 Å². The zero-order valence-corrected chi connectivity index (χ0v) is 11.4. The van der Waals surface area contributed by atoms with Crippen LogP contribution in [0.25, 0.3) is 0 Å². The number of hydrogen-bond donors (Lipinski definition) is 2. The zero-order chi connectivity index (χ0) is 13.8. The molecule has 4 nitrogen and oxygen atoms in total. The Hall–Kier alpha value is -1.55. The van der Waals surface area contributed by atoms with Gasteiger partial charge in [-0.25, -0.2) is 0 Å². The van der Waals surface area contributed by atoms with E-state index in [1.165, 1.54) is 0 Å². The zero-order valence-electron chi connectivity index (χ0n) is 11.4. The fourth-order valence-corrected chi connectivity index (χ4v) is 1.72. The van der Waals surface area contributed by atoms with Gasteiger partial charge in [-0.05, 0) is 31.5 Å². The van der Waals surface area contributed by atoms with E-state index in [4.69, 9.17) is 10.5 Å². The Morgan fingerprint density at radius 3 is 2.58 bits per heavy atom. The van der Waals surface area contributed by atoms with E-state index in [2.05, 4.69) is 5.32 Å². The number of amides is 1. The van der Waals surface area contributed by atoms with Crippen molar-refractivity contribution in [2.24, 2.45) is 5.73 Å². The number of unbranched alkanes of at least 4 members (excludes halogenated alkanes) is 3. The average molecular weight is 264 g/mol. The van der Waals surface area contributed by atoms with Gasteiger partial charge in [0, 0.05) is 6.54 Å². The normalized spacial score (nSPS) is 10.2. The summed E-state index contributed by atoms with van der Waals surface area (Å²) < 4.78 is 5.46. The predicted octanol–water partition coefficient (Wildman–Crippen LogP) is 2.09. The fourth-order valence-electron chi connectivity index (χ4n) is 1.72. The molecule has 4 heteroatoms. The first-order chi connectivity index (χ1) is 9.33. The molecule has 0 bridgehead atoms. The van der Waals surface area contributed by atoms with Crippen molar-refractivity contribution in [3.05, 3.63) is 30.3 Å². The van der Waals surface area contributed by atoms with Gasteiger partial charge in [0.15, 0.2) is 0 Å². The molecular formula is C15H24N2O2. The summed E-state index contributed by atoms with van der Waals surface area (Å²) in [6, 6.07) is 9.53. The molecule has 0 spiro atoms. The largest absolute Gasteiger partial charge is 0.493 e. The summed E-state index contributed by atoms with van der Waals surface area (Å²) in [7, 11) is 0. The molecule has 0 radical (unpaired) electrons. The maximum atomic E-state index is 11.5. The smallest absolute Gasteiger partial charge is 0.223 e. The molecule has 19 heavy (non-hydrogen) atoms. The van der Waals surface area contributed by atoms with Crippen LogP contribution < -0.4 is 15.8 Å². The molecule has 1 rings (SSSR count). The topological polar surface area (TPSA) is 64.3 Å². The van der Waals surface area contributed by atoms with Crippen LogP contribution in [0.15, 0.2) is 30.3 Å². The molecule has 0 heterocycles. The first-order valence-corrected chi connectivity index (χ1v) is 6.97. The highest BCUT2D eigenvalue weighted by Gasteiger charge is 2.01. The third-order valence-corrected chi connectivity index (χ3v) is 2.79. The van der Waals surface area contributed by atoms with Crippen LogP contribution in [-0.4, -0.2) is 25.6 Å². The lowest BCUT2D eigenvalue weighted by Gasteiger charge is -2.07. The SMILES string of the molecule is NCCCCCCNC(=O)CCOc1ccccc1. The summed E-state index contributed by atoms with van der Waals surface area (Å²) in [5.41, 5.74) is 5.41. The van der Waals surface area contributed by atoms with Gasteiger partial charge in [0.25, 0.3) is 0 Å². The standard InChI is InChI=1S/C15H24N2O2/c16-11-6-1-2-7-12-17-15(18)10-13-19-14-8-4-3-5-9-14/h3-5,8-9H,1-2,6-7,10-13,16H2,(H,17,18). The highest BCUT2D eigenvalue weighted by atomic mass is 16.5. The van der Waals surface area contributed by atoms with Gasteiger partial charge in [0.05, 0.1) is 13.0 Å². The van der Waals surface area contributed by atoms with Crippen LogP contribution >= 0.6 is 0 Å². The van der Waals surface area contributed by atoms with Gasteiger partial charge in [-0.3, -0.25) is 4.79 Å². The van der Waals surface area contributed by atoms with Crippen molar-refractivity contribution in [2.45, 2.75) is 32.1 Å². The molecule has 0 aromatic heterocycles. The Bertz CT molecular complexity index is 341. The summed E-state index contributed by atoms with van der Waals surface area (Å²) in [5.74, 6) is 0.854. The molecule has 0 saturated heterocycles. The van der Waals surface area contributed by atoms with Crippen molar-refractivity contribution in [1.29, 1.82) is 0 Å². The number of para-hydroxylation sites is 1. The molecule has 1 aromatic carbocycles. The minimum absolute atomic E-state index is 0.0507. The Morgan fingerprint density at radius 2 is 1.84 bits per heavy atom. The lowest BCUT2D eigenvalue weighted by molar-refractivity contribution is -0.121. The summed E-state index contributed by atoms with van der Waals surface area (Å²) in [5, 5.41) is 2.90. The molecule has 0 atom stereocenters. The minimum atomic E-state index is 0.0507. The Labute approximate surface area is 115 Å². The van der Waals surface area contributed by atoms with E-state index in [0.717, 1.165) is 44.5 Å².